The minimum absolute atomic E-state index is 0.115. The summed E-state index contributed by atoms with van der Waals surface area (Å²) in [6.45, 7) is 6.38. The Morgan fingerprint density at radius 3 is 2.76 bits per heavy atom. The van der Waals surface area contributed by atoms with Gasteiger partial charge in [0.25, 0.3) is 12.3 Å². The molecule has 1 atom stereocenters. The summed E-state index contributed by atoms with van der Waals surface area (Å²) in [7, 11) is 1.51. The van der Waals surface area contributed by atoms with Crippen molar-refractivity contribution in [2.75, 3.05) is 5.32 Å². The van der Waals surface area contributed by atoms with Crippen LogP contribution in [0.15, 0.2) is 18.3 Å². The molecule has 3 rings (SSSR count). The first-order chi connectivity index (χ1) is 11.6. The lowest BCUT2D eigenvalue weighted by Crippen LogP contribution is -2.21. The Hall–Kier alpha value is -1.95. The van der Waals surface area contributed by atoms with E-state index in [0.717, 1.165) is 17.5 Å². The van der Waals surface area contributed by atoms with E-state index in [9.17, 15) is 13.6 Å². The molecule has 0 saturated heterocycles. The van der Waals surface area contributed by atoms with Crippen LogP contribution in [0.3, 0.4) is 0 Å². The van der Waals surface area contributed by atoms with E-state index >= 15 is 0 Å². The van der Waals surface area contributed by atoms with Crippen LogP contribution in [-0.4, -0.2) is 15.7 Å². The molecule has 0 aliphatic heterocycles. The summed E-state index contributed by atoms with van der Waals surface area (Å²) >= 11 is 6.39. The van der Waals surface area contributed by atoms with E-state index in [-0.39, 0.29) is 11.0 Å². The number of rotatable bonds is 3. The highest BCUT2D eigenvalue weighted by molar-refractivity contribution is 6.31. The van der Waals surface area contributed by atoms with Gasteiger partial charge < -0.3 is 5.32 Å². The summed E-state index contributed by atoms with van der Waals surface area (Å²) in [5.41, 5.74) is 1.85. The lowest BCUT2D eigenvalue weighted by Gasteiger charge is -2.26. The first-order valence-electron chi connectivity index (χ1n) is 8.07. The molecule has 25 heavy (non-hydrogen) atoms. The molecule has 1 amide bonds. The van der Waals surface area contributed by atoms with E-state index in [1.54, 1.807) is 12.1 Å². The fraction of sp³-hybridized carbons (Fsp3) is 0.444. The van der Waals surface area contributed by atoms with E-state index in [1.165, 1.54) is 17.9 Å². The van der Waals surface area contributed by atoms with Crippen molar-refractivity contribution < 1.29 is 13.6 Å². The average molecular weight is 368 g/mol. The second kappa shape index (κ2) is 6.09. The fourth-order valence-electron chi connectivity index (χ4n) is 3.48. The van der Waals surface area contributed by atoms with Crippen LogP contribution < -0.4 is 5.32 Å². The van der Waals surface area contributed by atoms with Gasteiger partial charge in [0.05, 0.1) is 5.56 Å². The molecule has 7 heteroatoms. The third-order valence-electron chi connectivity index (χ3n) is 5.21. The Kier molecular flexibility index (Phi) is 4.35. The minimum Gasteiger partial charge on any atom is -0.322 e. The summed E-state index contributed by atoms with van der Waals surface area (Å²) < 4.78 is 27.4. The Balaban J connectivity index is 1.99. The Morgan fingerprint density at radius 2 is 2.12 bits per heavy atom. The number of nitrogens with zero attached hydrogens (tertiary/aromatic N) is 2. The molecule has 1 unspecified atom stereocenters. The highest BCUT2D eigenvalue weighted by Gasteiger charge is 2.39. The number of fused-ring (bicyclic) bond motifs is 1. The molecule has 1 aromatic carbocycles. The molecule has 134 valence electrons. The third kappa shape index (κ3) is 2.92. The SMILES string of the molecule is CC1Cc2c(NC(=O)c3cn(C)nc3C(F)F)ccc(Cl)c2C1(C)C. The van der Waals surface area contributed by atoms with Crippen LogP contribution in [0.5, 0.6) is 0 Å². The monoisotopic (exact) mass is 367 g/mol. The van der Waals surface area contributed by atoms with Crippen molar-refractivity contribution in [1.29, 1.82) is 0 Å². The normalized spacial score (nSPS) is 18.5. The molecule has 0 bridgehead atoms. The molecule has 1 N–H and O–H groups in total. The van der Waals surface area contributed by atoms with Crippen molar-refractivity contribution >= 4 is 23.2 Å². The van der Waals surface area contributed by atoms with Crippen LogP contribution in [-0.2, 0) is 18.9 Å². The molecule has 1 heterocycles. The number of anilines is 1. The van der Waals surface area contributed by atoms with Crippen LogP contribution >= 0.6 is 11.6 Å². The molecule has 4 nitrogen and oxygen atoms in total. The van der Waals surface area contributed by atoms with Crippen LogP contribution in [0.25, 0.3) is 0 Å². The Morgan fingerprint density at radius 1 is 1.44 bits per heavy atom. The van der Waals surface area contributed by atoms with E-state index in [1.807, 2.05) is 0 Å². The van der Waals surface area contributed by atoms with Gasteiger partial charge in [0.2, 0.25) is 0 Å². The maximum Gasteiger partial charge on any atom is 0.282 e. The summed E-state index contributed by atoms with van der Waals surface area (Å²) in [5, 5.41) is 7.11. The summed E-state index contributed by atoms with van der Waals surface area (Å²) in [6, 6.07) is 3.47. The molecular formula is C18H20ClF2N3O. The molecular weight excluding hydrogens is 348 g/mol. The lowest BCUT2D eigenvalue weighted by molar-refractivity contribution is 0.101. The molecule has 0 radical (unpaired) electrons. The van der Waals surface area contributed by atoms with Gasteiger partial charge in [0.1, 0.15) is 5.69 Å². The van der Waals surface area contributed by atoms with E-state index in [0.29, 0.717) is 16.6 Å². The van der Waals surface area contributed by atoms with Crippen LogP contribution in [0, 0.1) is 5.92 Å². The largest absolute Gasteiger partial charge is 0.322 e. The number of amides is 1. The predicted molar refractivity (Wildman–Crippen MR) is 93.5 cm³/mol. The number of benzene rings is 1. The summed E-state index contributed by atoms with van der Waals surface area (Å²) in [4.78, 5) is 12.5. The molecule has 0 spiro atoms. The highest BCUT2D eigenvalue weighted by atomic mass is 35.5. The number of hydrogen-bond acceptors (Lipinski definition) is 2. The smallest absolute Gasteiger partial charge is 0.282 e. The van der Waals surface area contributed by atoms with Crippen molar-refractivity contribution in [3.05, 3.63) is 45.7 Å². The van der Waals surface area contributed by atoms with Crippen LogP contribution in [0.1, 0.15) is 54.4 Å². The fourth-order valence-corrected chi connectivity index (χ4v) is 3.90. The zero-order valence-corrected chi connectivity index (χ0v) is 15.3. The van der Waals surface area contributed by atoms with Gasteiger partial charge in [0, 0.05) is 24.0 Å². The minimum atomic E-state index is -2.81. The zero-order chi connectivity index (χ0) is 18.5. The van der Waals surface area contributed by atoms with Gasteiger partial charge in [-0.15, -0.1) is 0 Å². The van der Waals surface area contributed by atoms with E-state index in [2.05, 4.69) is 31.2 Å². The van der Waals surface area contributed by atoms with Crippen molar-refractivity contribution in [2.24, 2.45) is 13.0 Å². The van der Waals surface area contributed by atoms with Gasteiger partial charge in [0.15, 0.2) is 0 Å². The number of nitrogens with one attached hydrogen (secondary N) is 1. The zero-order valence-electron chi connectivity index (χ0n) is 14.5. The Bertz CT molecular complexity index is 845. The molecule has 1 aliphatic carbocycles. The molecule has 1 aromatic heterocycles. The van der Waals surface area contributed by atoms with Crippen molar-refractivity contribution in [3.63, 3.8) is 0 Å². The van der Waals surface area contributed by atoms with Crippen LogP contribution in [0.2, 0.25) is 5.02 Å². The standard InChI is InChI=1S/C18H20ClF2N3O/c1-9-7-10-13(6-5-12(19)14(10)18(9,2)3)22-17(25)11-8-24(4)23-15(11)16(20)21/h5-6,8-9,16H,7H2,1-4H3,(H,22,25). The van der Waals surface area contributed by atoms with Crippen molar-refractivity contribution in [3.8, 4) is 0 Å². The second-order valence-corrected chi connectivity index (χ2v) is 7.54. The second-order valence-electron chi connectivity index (χ2n) is 7.13. The number of carbonyl (C=O) groups is 1. The first-order valence-corrected chi connectivity index (χ1v) is 8.45. The van der Waals surface area contributed by atoms with Crippen molar-refractivity contribution in [1.82, 2.24) is 9.78 Å². The molecule has 1 aliphatic rings. The lowest BCUT2D eigenvalue weighted by atomic mass is 9.79. The maximum absolute atomic E-state index is 13.1. The molecule has 0 fully saturated rings. The van der Waals surface area contributed by atoms with Gasteiger partial charge in [-0.1, -0.05) is 32.4 Å². The number of halogens is 3. The van der Waals surface area contributed by atoms with Gasteiger partial charge in [-0.2, -0.15) is 5.10 Å². The van der Waals surface area contributed by atoms with Crippen LogP contribution in [0.4, 0.5) is 14.5 Å². The van der Waals surface area contributed by atoms with Gasteiger partial charge in [-0.05, 0) is 41.0 Å². The number of aryl methyl sites for hydroxylation is 1. The predicted octanol–water partition coefficient (Wildman–Crippen LogP) is 4.73. The number of carbonyl (C=O) groups excluding carboxylic acids is 1. The summed E-state index contributed by atoms with van der Waals surface area (Å²) in [6.07, 6.45) is -0.732. The third-order valence-corrected chi connectivity index (χ3v) is 5.52. The van der Waals surface area contributed by atoms with Gasteiger partial charge >= 0.3 is 0 Å². The number of hydrogen-bond donors (Lipinski definition) is 1. The van der Waals surface area contributed by atoms with E-state index in [4.69, 9.17) is 11.6 Å². The van der Waals surface area contributed by atoms with Gasteiger partial charge in [-0.25, -0.2) is 8.78 Å². The number of aromatic nitrogens is 2. The quantitative estimate of drug-likeness (QED) is 0.852. The maximum atomic E-state index is 13.1. The van der Waals surface area contributed by atoms with Crippen molar-refractivity contribution in [2.45, 2.75) is 39.0 Å². The number of alkyl halides is 2. The van der Waals surface area contributed by atoms with E-state index < -0.39 is 18.0 Å². The molecule has 2 aromatic rings. The highest BCUT2D eigenvalue weighted by Crippen LogP contribution is 2.48. The Labute approximate surface area is 150 Å². The van der Waals surface area contributed by atoms with Gasteiger partial charge in [-0.3, -0.25) is 9.48 Å². The summed E-state index contributed by atoms with van der Waals surface area (Å²) in [5.74, 6) is -0.238. The molecule has 0 saturated carbocycles. The average Bonchev–Trinajstić information content (AvgIpc) is 3.01. The topological polar surface area (TPSA) is 46.9 Å². The first kappa shape index (κ1) is 17.9.